The summed E-state index contributed by atoms with van der Waals surface area (Å²) in [5.41, 5.74) is 4.44. The van der Waals surface area contributed by atoms with Crippen LogP contribution in [-0.4, -0.2) is 11.1 Å². The van der Waals surface area contributed by atoms with Gasteiger partial charge in [0.2, 0.25) is 0 Å². The quantitative estimate of drug-likeness (QED) is 0.703. The largest absolute Gasteiger partial charge is 0.478 e. The van der Waals surface area contributed by atoms with Crippen molar-refractivity contribution < 1.29 is 9.90 Å². The number of carboxylic acids is 1. The maximum Gasteiger partial charge on any atom is 0.335 e. The first-order chi connectivity index (χ1) is 10.4. The minimum absolute atomic E-state index is 0.425. The predicted molar refractivity (Wildman–Crippen MR) is 91.6 cm³/mol. The average molecular weight is 300 g/mol. The maximum absolute atomic E-state index is 11.3. The zero-order valence-corrected chi connectivity index (χ0v) is 14.2. The number of carboxylic acid groups (broad SMARTS) is 1. The van der Waals surface area contributed by atoms with Gasteiger partial charge in [-0.05, 0) is 80.5 Å². The van der Waals surface area contributed by atoms with E-state index in [2.05, 4.69) is 33.8 Å². The molecule has 2 heteroatoms. The molecule has 0 bridgehead atoms. The van der Waals surface area contributed by atoms with E-state index in [0.717, 1.165) is 6.42 Å². The van der Waals surface area contributed by atoms with E-state index in [1.54, 1.807) is 6.07 Å². The highest BCUT2D eigenvalue weighted by Gasteiger charge is 2.29. The Bertz CT molecular complexity index is 567. The van der Waals surface area contributed by atoms with E-state index in [0.29, 0.717) is 23.3 Å². The maximum atomic E-state index is 11.3. The average Bonchev–Trinajstić information content (AvgIpc) is 2.46. The highest BCUT2D eigenvalue weighted by Crippen LogP contribution is 2.43. The number of hydrogen-bond donors (Lipinski definition) is 1. The summed E-state index contributed by atoms with van der Waals surface area (Å²) in [7, 11) is 0. The molecular formula is C20H28O2. The van der Waals surface area contributed by atoms with Crippen LogP contribution in [0.4, 0.5) is 0 Å². The van der Waals surface area contributed by atoms with E-state index in [4.69, 9.17) is 0 Å². The van der Waals surface area contributed by atoms with Gasteiger partial charge in [0.05, 0.1) is 5.56 Å². The van der Waals surface area contributed by atoms with Gasteiger partial charge in [0.1, 0.15) is 0 Å². The summed E-state index contributed by atoms with van der Waals surface area (Å²) in [4.78, 5) is 11.3. The number of benzene rings is 1. The lowest BCUT2D eigenvalue weighted by molar-refractivity contribution is 0.0696. The molecule has 2 nitrogen and oxygen atoms in total. The van der Waals surface area contributed by atoms with Crippen LogP contribution in [-0.2, 0) is 0 Å². The number of aromatic carboxylic acids is 1. The second-order valence-corrected chi connectivity index (χ2v) is 7.07. The van der Waals surface area contributed by atoms with E-state index in [1.165, 1.54) is 36.0 Å². The molecule has 0 aliphatic heterocycles. The molecule has 120 valence electrons. The van der Waals surface area contributed by atoms with Crippen LogP contribution in [0, 0.1) is 5.92 Å². The van der Waals surface area contributed by atoms with Crippen molar-refractivity contribution in [2.75, 3.05) is 0 Å². The molecule has 3 atom stereocenters. The molecule has 1 aliphatic carbocycles. The normalized spacial score (nSPS) is 21.8. The molecule has 1 aromatic carbocycles. The summed E-state index contributed by atoms with van der Waals surface area (Å²) < 4.78 is 0. The molecule has 1 unspecified atom stereocenters. The van der Waals surface area contributed by atoms with Gasteiger partial charge in [-0.2, -0.15) is 0 Å². The van der Waals surface area contributed by atoms with Gasteiger partial charge >= 0.3 is 5.97 Å². The smallest absolute Gasteiger partial charge is 0.335 e. The molecule has 0 radical (unpaired) electrons. The van der Waals surface area contributed by atoms with Crippen LogP contribution in [0.2, 0.25) is 0 Å². The Morgan fingerprint density at radius 2 is 2.05 bits per heavy atom. The van der Waals surface area contributed by atoms with Gasteiger partial charge in [-0.1, -0.05) is 31.6 Å². The van der Waals surface area contributed by atoms with Crippen LogP contribution in [0.25, 0.3) is 0 Å². The minimum Gasteiger partial charge on any atom is -0.478 e. The fourth-order valence-corrected chi connectivity index (χ4v) is 3.65. The summed E-state index contributed by atoms with van der Waals surface area (Å²) in [5.74, 6) is 0.804. The molecule has 0 spiro atoms. The first-order valence-corrected chi connectivity index (χ1v) is 8.40. The zero-order chi connectivity index (χ0) is 16.3. The van der Waals surface area contributed by atoms with Crippen LogP contribution in [0.5, 0.6) is 0 Å². The zero-order valence-electron chi connectivity index (χ0n) is 14.2. The lowest BCUT2D eigenvalue weighted by Crippen LogP contribution is -2.19. The molecule has 0 amide bonds. The number of rotatable bonds is 5. The fraction of sp³-hybridized carbons (Fsp3) is 0.550. The summed E-state index contributed by atoms with van der Waals surface area (Å²) in [5, 5.41) is 9.27. The van der Waals surface area contributed by atoms with Gasteiger partial charge in [0.15, 0.2) is 0 Å². The molecule has 0 aromatic heterocycles. The van der Waals surface area contributed by atoms with Crippen molar-refractivity contribution in [3.05, 3.63) is 46.5 Å². The summed E-state index contributed by atoms with van der Waals surface area (Å²) >= 11 is 0. The lowest BCUT2D eigenvalue weighted by atomic mass is 9.71. The third-order valence-electron chi connectivity index (χ3n) is 5.04. The molecule has 22 heavy (non-hydrogen) atoms. The molecule has 1 N–H and O–H groups in total. The van der Waals surface area contributed by atoms with Crippen molar-refractivity contribution >= 4 is 5.97 Å². The van der Waals surface area contributed by atoms with Crippen molar-refractivity contribution in [3.63, 3.8) is 0 Å². The summed E-state index contributed by atoms with van der Waals surface area (Å²) in [6.45, 7) is 8.85. The van der Waals surface area contributed by atoms with Crippen LogP contribution < -0.4 is 0 Å². The third-order valence-corrected chi connectivity index (χ3v) is 5.04. The van der Waals surface area contributed by atoms with Gasteiger partial charge in [0, 0.05) is 0 Å². The highest BCUT2D eigenvalue weighted by molar-refractivity contribution is 5.88. The Balaban J connectivity index is 2.24. The van der Waals surface area contributed by atoms with E-state index < -0.39 is 5.97 Å². The van der Waals surface area contributed by atoms with E-state index in [1.807, 2.05) is 12.1 Å². The molecule has 1 aliphatic rings. The fourth-order valence-electron chi connectivity index (χ4n) is 3.65. The van der Waals surface area contributed by atoms with Crippen LogP contribution in [0.15, 0.2) is 29.8 Å². The first kappa shape index (κ1) is 16.8. The van der Waals surface area contributed by atoms with Crippen molar-refractivity contribution in [3.8, 4) is 0 Å². The van der Waals surface area contributed by atoms with Crippen molar-refractivity contribution in [1.29, 1.82) is 0 Å². The van der Waals surface area contributed by atoms with Crippen molar-refractivity contribution in [1.82, 2.24) is 0 Å². The monoisotopic (exact) mass is 300 g/mol. The standard InChI is InChI=1S/C20H28O2/c1-13(2)6-5-7-14(3)17-10-8-15(4)18-11-9-16(20(21)22)12-19(17)18/h6,9,11-12,14-15,17H,5,7-8,10H2,1-4H3,(H,21,22)/t14?,15-,17+/m0/s1. The number of hydrogen-bond acceptors (Lipinski definition) is 1. The molecular weight excluding hydrogens is 272 g/mol. The lowest BCUT2D eigenvalue weighted by Gasteiger charge is -2.34. The van der Waals surface area contributed by atoms with Gasteiger partial charge in [-0.15, -0.1) is 0 Å². The highest BCUT2D eigenvalue weighted by atomic mass is 16.4. The third kappa shape index (κ3) is 3.79. The molecule has 2 rings (SSSR count). The molecule has 0 saturated heterocycles. The van der Waals surface area contributed by atoms with Crippen LogP contribution in [0.3, 0.4) is 0 Å². The van der Waals surface area contributed by atoms with E-state index in [-0.39, 0.29) is 0 Å². The van der Waals surface area contributed by atoms with Crippen molar-refractivity contribution in [2.45, 2.75) is 65.2 Å². The van der Waals surface area contributed by atoms with Crippen LogP contribution in [0.1, 0.15) is 86.7 Å². The van der Waals surface area contributed by atoms with Gasteiger partial charge in [-0.25, -0.2) is 4.79 Å². The van der Waals surface area contributed by atoms with Crippen molar-refractivity contribution in [2.24, 2.45) is 5.92 Å². The van der Waals surface area contributed by atoms with E-state index in [9.17, 15) is 9.90 Å². The Morgan fingerprint density at radius 3 is 2.68 bits per heavy atom. The second kappa shape index (κ2) is 7.13. The number of fused-ring (bicyclic) bond motifs is 1. The molecule has 1 aromatic rings. The second-order valence-electron chi connectivity index (χ2n) is 7.07. The SMILES string of the molecule is CC(C)=CCCC(C)[C@H]1CC[C@H](C)c2ccc(C(=O)O)cc21. The van der Waals surface area contributed by atoms with E-state index >= 15 is 0 Å². The van der Waals surface area contributed by atoms with Gasteiger partial charge < -0.3 is 5.11 Å². The molecule has 0 fully saturated rings. The topological polar surface area (TPSA) is 37.3 Å². The minimum atomic E-state index is -0.822. The summed E-state index contributed by atoms with van der Waals surface area (Å²) in [6.07, 6.45) is 6.96. The Kier molecular flexibility index (Phi) is 5.44. The van der Waals surface area contributed by atoms with Crippen LogP contribution >= 0.6 is 0 Å². The molecule has 0 heterocycles. The predicted octanol–water partition coefficient (Wildman–Crippen LogP) is 5.75. The number of carbonyl (C=O) groups is 1. The number of allylic oxidation sites excluding steroid dienone is 2. The summed E-state index contributed by atoms with van der Waals surface area (Å²) in [6, 6.07) is 5.72. The first-order valence-electron chi connectivity index (χ1n) is 8.40. The Labute approximate surface area is 134 Å². The van der Waals surface area contributed by atoms with Gasteiger partial charge in [0.25, 0.3) is 0 Å². The van der Waals surface area contributed by atoms with Gasteiger partial charge in [-0.3, -0.25) is 0 Å². The molecule has 0 saturated carbocycles. The Hall–Kier alpha value is -1.57. The Morgan fingerprint density at radius 1 is 1.32 bits per heavy atom.